The molecular weight excluding hydrogens is 414 g/mol. The fraction of sp³-hybridized carbons (Fsp3) is 0.368. The lowest BCUT2D eigenvalue weighted by molar-refractivity contribution is 0.0917. The molecule has 2 amide bonds. The second-order valence-electron chi connectivity index (χ2n) is 7.62. The van der Waals surface area contributed by atoms with E-state index in [1.807, 2.05) is 20.8 Å². The van der Waals surface area contributed by atoms with Crippen molar-refractivity contribution in [3.8, 4) is 0 Å². The Bertz CT molecular complexity index is 1070. The number of benzene rings is 1. The van der Waals surface area contributed by atoms with Gasteiger partial charge in [0.2, 0.25) is 0 Å². The van der Waals surface area contributed by atoms with Gasteiger partial charge < -0.3 is 10.4 Å². The maximum Gasteiger partial charge on any atom is 0.273 e. The van der Waals surface area contributed by atoms with Crippen LogP contribution < -0.4 is 10.6 Å². The van der Waals surface area contributed by atoms with Gasteiger partial charge in [-0.1, -0.05) is 29.0 Å². The fourth-order valence-corrected chi connectivity index (χ4v) is 3.72. The average molecular weight is 436 g/mol. The number of anilines is 1. The number of thiazole rings is 1. The average Bonchev–Trinajstić information content (AvgIpc) is 3.19. The minimum Gasteiger partial charge on any atom is -0.394 e. The summed E-state index contributed by atoms with van der Waals surface area (Å²) in [4.78, 5) is 29.6. The molecule has 0 unspecified atom stereocenters. The summed E-state index contributed by atoms with van der Waals surface area (Å²) in [6.45, 7) is 7.35. The quantitative estimate of drug-likeness (QED) is 0.569. The van der Waals surface area contributed by atoms with Gasteiger partial charge in [0.15, 0.2) is 16.5 Å². The zero-order valence-corrected chi connectivity index (χ0v) is 18.1. The topological polar surface area (TPSA) is 109 Å². The molecule has 0 saturated heterocycles. The Morgan fingerprint density at radius 1 is 1.31 bits per heavy atom. The molecule has 1 atom stereocenters. The van der Waals surface area contributed by atoms with Crippen LogP contribution in [-0.4, -0.2) is 44.3 Å². The van der Waals surface area contributed by atoms with Crippen LogP contribution in [0, 0.1) is 0 Å². The summed E-state index contributed by atoms with van der Waals surface area (Å²) in [7, 11) is 0. The lowest BCUT2D eigenvalue weighted by Gasteiger charge is -2.19. The standard InChI is InChI=1S/C19H22ClN5O3S/c1-10(9-26)21-17(28)13-14-15(25(24-13)19(2,3)4)22-18(29-14)23-16(27)11-6-5-7-12(20)8-11/h5-8,10,26H,9H2,1-4H3,(H,21,28)(H,22,23,27)/t10-/m0/s1. The van der Waals surface area contributed by atoms with Crippen LogP contribution in [0.1, 0.15) is 48.5 Å². The molecule has 10 heteroatoms. The van der Waals surface area contributed by atoms with Gasteiger partial charge in [0.1, 0.15) is 4.70 Å². The Kier molecular flexibility index (Phi) is 5.92. The van der Waals surface area contributed by atoms with E-state index in [4.69, 9.17) is 11.6 Å². The lowest BCUT2D eigenvalue weighted by atomic mass is 10.1. The van der Waals surface area contributed by atoms with Crippen molar-refractivity contribution in [2.45, 2.75) is 39.3 Å². The van der Waals surface area contributed by atoms with E-state index in [2.05, 4.69) is 20.7 Å². The first kappa shape index (κ1) is 21.2. The molecule has 0 fully saturated rings. The van der Waals surface area contributed by atoms with E-state index in [9.17, 15) is 14.7 Å². The lowest BCUT2D eigenvalue weighted by Crippen LogP contribution is -2.35. The molecule has 2 aromatic heterocycles. The Morgan fingerprint density at radius 3 is 2.66 bits per heavy atom. The molecule has 0 aliphatic heterocycles. The number of carbonyl (C=O) groups is 2. The van der Waals surface area contributed by atoms with Gasteiger partial charge in [-0.15, -0.1) is 0 Å². The Labute approximate surface area is 176 Å². The summed E-state index contributed by atoms with van der Waals surface area (Å²) in [5.41, 5.74) is 0.687. The second kappa shape index (κ2) is 8.10. The van der Waals surface area contributed by atoms with Gasteiger partial charge in [0.25, 0.3) is 11.8 Å². The third kappa shape index (κ3) is 4.58. The summed E-state index contributed by atoms with van der Waals surface area (Å²) in [5.74, 6) is -0.755. The van der Waals surface area contributed by atoms with Crippen LogP contribution in [0.25, 0.3) is 10.3 Å². The molecule has 3 aromatic rings. The summed E-state index contributed by atoms with van der Waals surface area (Å²) in [6.07, 6.45) is 0. The van der Waals surface area contributed by atoms with Crippen LogP contribution in [0.3, 0.4) is 0 Å². The smallest absolute Gasteiger partial charge is 0.273 e. The van der Waals surface area contributed by atoms with Gasteiger partial charge in [-0.2, -0.15) is 10.1 Å². The molecular formula is C19H22ClN5O3S. The highest BCUT2D eigenvalue weighted by molar-refractivity contribution is 7.22. The molecule has 0 spiro atoms. The number of aliphatic hydroxyl groups is 1. The Hall–Kier alpha value is -2.49. The first-order valence-corrected chi connectivity index (χ1v) is 10.2. The van der Waals surface area contributed by atoms with Gasteiger partial charge in [-0.25, -0.2) is 4.68 Å². The number of hydrogen-bond donors (Lipinski definition) is 3. The number of nitrogens with zero attached hydrogens (tertiary/aromatic N) is 3. The predicted octanol–water partition coefficient (Wildman–Crippen LogP) is 3.26. The molecule has 154 valence electrons. The number of aliphatic hydroxyl groups excluding tert-OH is 1. The highest BCUT2D eigenvalue weighted by Crippen LogP contribution is 2.32. The Morgan fingerprint density at radius 2 is 2.03 bits per heavy atom. The molecule has 2 heterocycles. The van der Waals surface area contributed by atoms with Crippen LogP contribution in [0.2, 0.25) is 5.02 Å². The number of rotatable bonds is 5. The van der Waals surface area contributed by atoms with Gasteiger partial charge in [-0.05, 0) is 45.9 Å². The number of nitrogens with one attached hydrogen (secondary N) is 2. The third-order valence-corrected chi connectivity index (χ3v) is 5.24. The first-order chi connectivity index (χ1) is 13.6. The number of halogens is 1. The van der Waals surface area contributed by atoms with Crippen LogP contribution in [-0.2, 0) is 5.54 Å². The summed E-state index contributed by atoms with van der Waals surface area (Å²) in [5, 5.41) is 19.9. The van der Waals surface area contributed by atoms with Gasteiger partial charge >= 0.3 is 0 Å². The SMILES string of the molecule is C[C@@H](CO)NC(=O)c1nn(C(C)(C)C)c2nc(NC(=O)c3cccc(Cl)c3)sc12. The van der Waals surface area contributed by atoms with Crippen molar-refractivity contribution >= 4 is 50.2 Å². The largest absolute Gasteiger partial charge is 0.394 e. The molecule has 3 N–H and O–H groups in total. The van der Waals surface area contributed by atoms with E-state index >= 15 is 0 Å². The number of carbonyl (C=O) groups excluding carboxylic acids is 2. The fourth-order valence-electron chi connectivity index (χ4n) is 2.61. The molecule has 29 heavy (non-hydrogen) atoms. The van der Waals surface area contributed by atoms with E-state index in [0.717, 1.165) is 0 Å². The summed E-state index contributed by atoms with van der Waals surface area (Å²) >= 11 is 7.12. The van der Waals surface area contributed by atoms with Gasteiger partial charge in [0, 0.05) is 16.6 Å². The number of aromatic nitrogens is 3. The first-order valence-electron chi connectivity index (χ1n) is 8.99. The maximum absolute atomic E-state index is 12.6. The van der Waals surface area contributed by atoms with Crippen molar-refractivity contribution in [3.63, 3.8) is 0 Å². The van der Waals surface area contributed by atoms with Crippen LogP contribution in [0.5, 0.6) is 0 Å². The number of fused-ring (bicyclic) bond motifs is 1. The maximum atomic E-state index is 12.6. The van der Waals surface area contributed by atoms with Crippen LogP contribution in [0.4, 0.5) is 5.13 Å². The van der Waals surface area contributed by atoms with E-state index in [1.165, 1.54) is 11.3 Å². The van der Waals surface area contributed by atoms with E-state index in [-0.39, 0.29) is 18.2 Å². The monoisotopic (exact) mass is 435 g/mol. The number of hydrogen-bond acceptors (Lipinski definition) is 6. The summed E-state index contributed by atoms with van der Waals surface area (Å²) < 4.78 is 2.22. The third-order valence-electron chi connectivity index (χ3n) is 4.03. The minimum atomic E-state index is -0.429. The van der Waals surface area contributed by atoms with Crippen molar-refractivity contribution in [1.29, 1.82) is 0 Å². The molecule has 0 saturated carbocycles. The van der Waals surface area contributed by atoms with E-state index in [0.29, 0.717) is 26.1 Å². The normalized spacial score (nSPS) is 12.8. The predicted molar refractivity (Wildman–Crippen MR) is 114 cm³/mol. The molecule has 0 bridgehead atoms. The van der Waals surface area contributed by atoms with Crippen molar-refractivity contribution in [2.24, 2.45) is 0 Å². The molecule has 0 aliphatic carbocycles. The van der Waals surface area contributed by atoms with Crippen molar-refractivity contribution < 1.29 is 14.7 Å². The highest BCUT2D eigenvalue weighted by Gasteiger charge is 2.27. The summed E-state index contributed by atoms with van der Waals surface area (Å²) in [6, 6.07) is 6.19. The van der Waals surface area contributed by atoms with E-state index in [1.54, 1.807) is 35.9 Å². The zero-order valence-electron chi connectivity index (χ0n) is 16.5. The van der Waals surface area contributed by atoms with Crippen molar-refractivity contribution in [1.82, 2.24) is 20.1 Å². The Balaban J connectivity index is 1.98. The second-order valence-corrected chi connectivity index (χ2v) is 9.06. The molecule has 0 aliphatic rings. The number of amides is 2. The van der Waals surface area contributed by atoms with Crippen LogP contribution in [0.15, 0.2) is 24.3 Å². The minimum absolute atomic E-state index is 0.182. The van der Waals surface area contributed by atoms with Gasteiger partial charge in [-0.3, -0.25) is 14.9 Å². The van der Waals surface area contributed by atoms with Crippen LogP contribution >= 0.6 is 22.9 Å². The molecule has 0 radical (unpaired) electrons. The molecule has 1 aromatic carbocycles. The molecule has 3 rings (SSSR count). The zero-order chi connectivity index (χ0) is 21.3. The van der Waals surface area contributed by atoms with Crippen molar-refractivity contribution in [2.75, 3.05) is 11.9 Å². The van der Waals surface area contributed by atoms with Gasteiger partial charge in [0.05, 0.1) is 12.1 Å². The van der Waals surface area contributed by atoms with E-state index < -0.39 is 17.5 Å². The highest BCUT2D eigenvalue weighted by atomic mass is 35.5. The molecule has 8 nitrogen and oxygen atoms in total. The van der Waals surface area contributed by atoms with Crippen molar-refractivity contribution in [3.05, 3.63) is 40.5 Å².